The summed E-state index contributed by atoms with van der Waals surface area (Å²) in [7, 11) is 1.42. The Labute approximate surface area is 193 Å². The van der Waals surface area contributed by atoms with E-state index in [2.05, 4.69) is 15.4 Å². The van der Waals surface area contributed by atoms with E-state index in [1.807, 2.05) is 19.1 Å². The number of nitrogens with one attached hydrogen (secondary N) is 2. The normalized spacial score (nSPS) is 10.8. The molecular weight excluding hydrogens is 447 g/mol. The fourth-order valence-corrected chi connectivity index (χ4v) is 3.79. The number of halogens is 2. The molecule has 3 aromatic carbocycles. The lowest BCUT2D eigenvalue weighted by molar-refractivity contribution is 0.102. The van der Waals surface area contributed by atoms with Crippen LogP contribution < -0.4 is 15.7 Å². The molecule has 0 saturated carbocycles. The number of carbonyl (C=O) groups excluding carboxylic acids is 1. The number of amides is 1. The minimum atomic E-state index is -0.629. The molecule has 1 amide bonds. The second-order valence-electron chi connectivity index (χ2n) is 7.30. The minimum absolute atomic E-state index is 0.247. The van der Waals surface area contributed by atoms with Gasteiger partial charge in [0.1, 0.15) is 12.4 Å². The summed E-state index contributed by atoms with van der Waals surface area (Å²) in [5, 5.41) is 7.58. The van der Waals surface area contributed by atoms with Gasteiger partial charge in [0.15, 0.2) is 5.82 Å². The van der Waals surface area contributed by atoms with Gasteiger partial charge in [-0.2, -0.15) is 4.68 Å². The van der Waals surface area contributed by atoms with Gasteiger partial charge in [-0.1, -0.05) is 35.9 Å². The third kappa shape index (κ3) is 4.51. The van der Waals surface area contributed by atoms with Gasteiger partial charge < -0.3 is 10.1 Å². The molecule has 0 atom stereocenters. The van der Waals surface area contributed by atoms with Gasteiger partial charge >= 0.3 is 5.69 Å². The highest BCUT2D eigenvalue weighted by atomic mass is 35.5. The largest absolute Gasteiger partial charge is 0.496 e. The van der Waals surface area contributed by atoms with E-state index in [-0.39, 0.29) is 11.3 Å². The zero-order valence-corrected chi connectivity index (χ0v) is 18.6. The van der Waals surface area contributed by atoms with Crippen LogP contribution in [-0.4, -0.2) is 27.8 Å². The number of aromatic amines is 1. The number of anilines is 1. The third-order valence-corrected chi connectivity index (χ3v) is 5.40. The Morgan fingerprint density at radius 2 is 1.97 bits per heavy atom. The maximum Gasteiger partial charge on any atom is 0.348 e. The van der Waals surface area contributed by atoms with Crippen molar-refractivity contribution in [2.75, 3.05) is 12.4 Å². The van der Waals surface area contributed by atoms with Crippen LogP contribution in [0.4, 0.5) is 10.1 Å². The molecule has 0 saturated heterocycles. The fourth-order valence-electron chi connectivity index (χ4n) is 3.47. The first-order chi connectivity index (χ1) is 15.9. The number of ether oxygens (including phenoxy) is 1. The van der Waals surface area contributed by atoms with E-state index < -0.39 is 18.3 Å². The summed E-state index contributed by atoms with van der Waals surface area (Å²) in [6.45, 7) is 1.24. The minimum Gasteiger partial charge on any atom is -0.496 e. The van der Waals surface area contributed by atoms with Gasteiger partial charge in [-0.15, -0.1) is 5.10 Å². The molecule has 2 N–H and O–H groups in total. The van der Waals surface area contributed by atoms with Gasteiger partial charge in [0.25, 0.3) is 5.91 Å². The van der Waals surface area contributed by atoms with Crippen molar-refractivity contribution in [2.24, 2.45) is 0 Å². The number of aryl methyl sites for hydroxylation is 1. The zero-order chi connectivity index (χ0) is 23.5. The number of hydrogen-bond acceptors (Lipinski definition) is 4. The van der Waals surface area contributed by atoms with Crippen LogP contribution >= 0.6 is 11.6 Å². The number of rotatable bonds is 6. The van der Waals surface area contributed by atoms with Gasteiger partial charge in [0.05, 0.1) is 23.4 Å². The van der Waals surface area contributed by atoms with Crippen molar-refractivity contribution >= 4 is 23.2 Å². The summed E-state index contributed by atoms with van der Waals surface area (Å²) in [6, 6.07) is 16.6. The zero-order valence-electron chi connectivity index (χ0n) is 17.9. The molecule has 0 fully saturated rings. The maximum atomic E-state index is 12.9. The average Bonchev–Trinajstić information content (AvgIpc) is 3.19. The summed E-state index contributed by atoms with van der Waals surface area (Å²) in [4.78, 5) is 28.1. The number of aromatic nitrogens is 3. The van der Waals surface area contributed by atoms with E-state index >= 15 is 0 Å². The van der Waals surface area contributed by atoms with Gasteiger partial charge in [-0.3, -0.25) is 9.78 Å². The first-order valence-electron chi connectivity index (χ1n) is 10.0. The monoisotopic (exact) mass is 466 g/mol. The molecule has 7 nitrogen and oxygen atoms in total. The van der Waals surface area contributed by atoms with Gasteiger partial charge in [0.2, 0.25) is 0 Å². The topological polar surface area (TPSA) is 89.0 Å². The van der Waals surface area contributed by atoms with Gasteiger partial charge in [0, 0.05) is 17.3 Å². The van der Waals surface area contributed by atoms with E-state index in [9.17, 15) is 14.0 Å². The Kier molecular flexibility index (Phi) is 6.28. The van der Waals surface area contributed by atoms with E-state index in [1.54, 1.807) is 42.5 Å². The summed E-state index contributed by atoms with van der Waals surface area (Å²) < 4.78 is 19.5. The van der Waals surface area contributed by atoms with Crippen molar-refractivity contribution in [1.29, 1.82) is 0 Å². The van der Waals surface area contributed by atoms with E-state index in [0.29, 0.717) is 33.3 Å². The van der Waals surface area contributed by atoms with Crippen molar-refractivity contribution in [1.82, 2.24) is 14.8 Å². The third-order valence-electron chi connectivity index (χ3n) is 5.09. The Balaban J connectivity index is 1.67. The molecular formula is C24H20ClFN4O3. The number of H-pyrrole nitrogens is 1. The first kappa shape index (κ1) is 22.3. The van der Waals surface area contributed by atoms with Crippen LogP contribution in [0.15, 0.2) is 65.5 Å². The van der Waals surface area contributed by atoms with Crippen molar-refractivity contribution in [3.63, 3.8) is 0 Å². The van der Waals surface area contributed by atoms with Crippen LogP contribution in [0.2, 0.25) is 5.02 Å². The van der Waals surface area contributed by atoms with Crippen molar-refractivity contribution < 1.29 is 13.9 Å². The van der Waals surface area contributed by atoms with Crippen LogP contribution in [-0.2, 0) is 6.67 Å². The number of alkyl halides is 1. The van der Waals surface area contributed by atoms with Crippen LogP contribution in [0, 0.1) is 6.92 Å². The maximum absolute atomic E-state index is 12.9. The lowest BCUT2D eigenvalue weighted by Gasteiger charge is -2.11. The number of benzene rings is 3. The summed E-state index contributed by atoms with van der Waals surface area (Å²) in [5.74, 6) is 0.143. The van der Waals surface area contributed by atoms with Crippen LogP contribution in [0.25, 0.3) is 17.1 Å². The van der Waals surface area contributed by atoms with Crippen molar-refractivity contribution in [2.45, 2.75) is 13.6 Å². The molecule has 33 heavy (non-hydrogen) atoms. The second kappa shape index (κ2) is 9.30. The quantitative estimate of drug-likeness (QED) is 0.422. The smallest absolute Gasteiger partial charge is 0.348 e. The molecule has 0 aliphatic heterocycles. The van der Waals surface area contributed by atoms with Crippen LogP contribution in [0.5, 0.6) is 5.75 Å². The van der Waals surface area contributed by atoms with E-state index in [0.717, 1.165) is 5.56 Å². The highest BCUT2D eigenvalue weighted by molar-refractivity contribution is 6.33. The Morgan fingerprint density at radius 3 is 2.70 bits per heavy atom. The lowest BCUT2D eigenvalue weighted by Crippen LogP contribution is -2.17. The summed E-state index contributed by atoms with van der Waals surface area (Å²) >= 11 is 6.30. The highest BCUT2D eigenvalue weighted by Gasteiger charge is 2.18. The molecule has 0 spiro atoms. The van der Waals surface area contributed by atoms with Crippen LogP contribution in [0.3, 0.4) is 0 Å². The lowest BCUT2D eigenvalue weighted by atomic mass is 10.1. The van der Waals surface area contributed by atoms with Crippen LogP contribution in [0.1, 0.15) is 21.5 Å². The highest BCUT2D eigenvalue weighted by Crippen LogP contribution is 2.29. The number of methoxy groups -OCH3 is 1. The molecule has 0 aliphatic rings. The van der Waals surface area contributed by atoms with Crippen molar-refractivity contribution in [3.8, 4) is 22.8 Å². The summed E-state index contributed by atoms with van der Waals surface area (Å²) in [5.41, 5.74) is 2.60. The number of carbonyl (C=O) groups is 1. The first-order valence-corrected chi connectivity index (χ1v) is 10.4. The predicted octanol–water partition coefficient (Wildman–Crippen LogP) is 4.92. The van der Waals surface area contributed by atoms with Crippen molar-refractivity contribution in [3.05, 3.63) is 92.9 Å². The van der Waals surface area contributed by atoms with E-state index in [4.69, 9.17) is 16.3 Å². The fraction of sp³-hybridized carbons (Fsp3) is 0.125. The molecule has 0 aliphatic carbocycles. The number of hydrogen-bond donors (Lipinski definition) is 2. The molecule has 1 heterocycles. The molecule has 0 radical (unpaired) electrons. The molecule has 4 aromatic rings. The average molecular weight is 467 g/mol. The second-order valence-corrected chi connectivity index (χ2v) is 7.70. The molecule has 1 aromatic heterocycles. The Bertz CT molecular complexity index is 1380. The standard InChI is InChI=1S/C24H20ClFN4O3/c1-14-5-3-8-19(25)21(14)22-28-24(32)30(29-22)17-9-10-18(20(12-17)33-2)23(31)27-16-7-4-6-15(11-16)13-26/h3-12H,13H2,1-2H3,(H,27,31)(H,28,29,32). The molecule has 168 valence electrons. The molecule has 0 bridgehead atoms. The predicted molar refractivity (Wildman–Crippen MR) is 125 cm³/mol. The Morgan fingerprint density at radius 1 is 1.18 bits per heavy atom. The number of nitrogens with zero attached hydrogens (tertiary/aromatic N) is 2. The molecule has 9 heteroatoms. The van der Waals surface area contributed by atoms with Gasteiger partial charge in [-0.05, 0) is 48.4 Å². The van der Waals surface area contributed by atoms with E-state index in [1.165, 1.54) is 17.9 Å². The molecule has 4 rings (SSSR count). The summed E-state index contributed by atoms with van der Waals surface area (Å²) in [6.07, 6.45) is 0. The SMILES string of the molecule is COc1cc(-n2nc(-c3c(C)cccc3Cl)[nH]c2=O)ccc1C(=O)Nc1cccc(CF)c1. The Hall–Kier alpha value is -3.91. The van der Waals surface area contributed by atoms with Gasteiger partial charge in [-0.25, -0.2) is 9.18 Å². The molecule has 0 unspecified atom stereocenters.